The van der Waals surface area contributed by atoms with Gasteiger partial charge < -0.3 is 4.42 Å². The molecule has 0 saturated carbocycles. The second-order valence-electron chi connectivity index (χ2n) is 10.5. The molecule has 7 aromatic carbocycles. The van der Waals surface area contributed by atoms with E-state index in [-0.39, 0.29) is 0 Å². The van der Waals surface area contributed by atoms with Crippen LogP contribution in [0.3, 0.4) is 0 Å². The van der Waals surface area contributed by atoms with Crippen molar-refractivity contribution in [1.82, 2.24) is 0 Å². The standard InChI is InChI=1S/C38H22OS/c1-2-10-26-23(8-1)9-7-15-27(26)38-30-13-5-3-11-28(30)37(29-12-4-6-14-31(29)38)25-16-17-34-32(20-25)33-22-36-24(18-19-40-36)21-35(33)39-34/h1-22H. The van der Waals surface area contributed by atoms with Gasteiger partial charge in [0.05, 0.1) is 0 Å². The highest BCUT2D eigenvalue weighted by atomic mass is 32.1. The Morgan fingerprint density at radius 1 is 0.425 bits per heavy atom. The zero-order valence-corrected chi connectivity index (χ0v) is 22.3. The Morgan fingerprint density at radius 2 is 1.07 bits per heavy atom. The van der Waals surface area contributed by atoms with E-state index in [1.165, 1.54) is 70.0 Å². The van der Waals surface area contributed by atoms with Crippen LogP contribution in [0, 0.1) is 0 Å². The van der Waals surface area contributed by atoms with Gasteiger partial charge in [-0.15, -0.1) is 11.3 Å². The highest BCUT2D eigenvalue weighted by Gasteiger charge is 2.19. The Bertz CT molecular complexity index is 2380. The van der Waals surface area contributed by atoms with E-state index < -0.39 is 0 Å². The molecule has 2 aromatic heterocycles. The number of rotatable bonds is 2. The molecule has 0 bridgehead atoms. The molecular weight excluding hydrogens is 504 g/mol. The second-order valence-corrected chi connectivity index (χ2v) is 11.4. The molecular formula is C38H22OS. The van der Waals surface area contributed by atoms with Crippen LogP contribution in [0.2, 0.25) is 0 Å². The average Bonchev–Trinajstić information content (AvgIpc) is 3.61. The van der Waals surface area contributed by atoms with Gasteiger partial charge in [0.25, 0.3) is 0 Å². The lowest BCUT2D eigenvalue weighted by atomic mass is 9.84. The van der Waals surface area contributed by atoms with E-state index in [1.54, 1.807) is 11.3 Å². The lowest BCUT2D eigenvalue weighted by Gasteiger charge is -2.18. The zero-order chi connectivity index (χ0) is 26.2. The van der Waals surface area contributed by atoms with Crippen LogP contribution in [0.25, 0.3) is 86.6 Å². The van der Waals surface area contributed by atoms with Crippen LogP contribution < -0.4 is 0 Å². The summed E-state index contributed by atoms with van der Waals surface area (Å²) in [6.45, 7) is 0. The van der Waals surface area contributed by atoms with Crippen LogP contribution in [-0.4, -0.2) is 0 Å². The van der Waals surface area contributed by atoms with Crippen LogP contribution in [0.4, 0.5) is 0 Å². The molecule has 186 valence electrons. The topological polar surface area (TPSA) is 13.1 Å². The Morgan fingerprint density at radius 3 is 1.85 bits per heavy atom. The largest absolute Gasteiger partial charge is 0.456 e. The fraction of sp³-hybridized carbons (Fsp3) is 0. The van der Waals surface area contributed by atoms with Gasteiger partial charge in [0, 0.05) is 15.5 Å². The van der Waals surface area contributed by atoms with Crippen molar-refractivity contribution in [2.24, 2.45) is 0 Å². The highest BCUT2D eigenvalue weighted by Crippen LogP contribution is 2.46. The van der Waals surface area contributed by atoms with Gasteiger partial charge in [-0.25, -0.2) is 0 Å². The first-order chi connectivity index (χ1) is 19.8. The molecule has 40 heavy (non-hydrogen) atoms. The number of hydrogen-bond acceptors (Lipinski definition) is 2. The van der Waals surface area contributed by atoms with Gasteiger partial charge in [0.1, 0.15) is 11.2 Å². The molecule has 2 heterocycles. The maximum atomic E-state index is 6.32. The van der Waals surface area contributed by atoms with Crippen molar-refractivity contribution in [1.29, 1.82) is 0 Å². The summed E-state index contributed by atoms with van der Waals surface area (Å²) in [5.41, 5.74) is 6.91. The summed E-state index contributed by atoms with van der Waals surface area (Å²) in [7, 11) is 0. The summed E-state index contributed by atoms with van der Waals surface area (Å²) in [4.78, 5) is 0. The summed E-state index contributed by atoms with van der Waals surface area (Å²) < 4.78 is 7.61. The molecule has 0 amide bonds. The van der Waals surface area contributed by atoms with Crippen LogP contribution in [0.5, 0.6) is 0 Å². The molecule has 0 saturated heterocycles. The fourth-order valence-corrected chi connectivity index (χ4v) is 7.37. The third-order valence-corrected chi connectivity index (χ3v) is 9.20. The highest BCUT2D eigenvalue weighted by molar-refractivity contribution is 7.17. The first-order valence-electron chi connectivity index (χ1n) is 13.6. The second kappa shape index (κ2) is 8.29. The minimum absolute atomic E-state index is 0.928. The van der Waals surface area contributed by atoms with Crippen molar-refractivity contribution in [3.05, 3.63) is 133 Å². The van der Waals surface area contributed by atoms with Crippen molar-refractivity contribution >= 4 is 75.7 Å². The third-order valence-electron chi connectivity index (χ3n) is 8.32. The molecule has 0 fully saturated rings. The van der Waals surface area contributed by atoms with Gasteiger partial charge in [0.15, 0.2) is 0 Å². The Balaban J connectivity index is 1.40. The maximum absolute atomic E-state index is 6.32. The van der Waals surface area contributed by atoms with Crippen LogP contribution in [0.15, 0.2) is 137 Å². The molecule has 0 spiro atoms. The molecule has 1 nitrogen and oxygen atoms in total. The normalized spacial score (nSPS) is 12.0. The number of fused-ring (bicyclic) bond motifs is 7. The van der Waals surface area contributed by atoms with E-state index in [4.69, 9.17) is 4.42 Å². The molecule has 0 unspecified atom stereocenters. The average molecular weight is 527 g/mol. The number of hydrogen-bond donors (Lipinski definition) is 0. The molecule has 0 aliphatic rings. The lowest BCUT2D eigenvalue weighted by Crippen LogP contribution is -1.91. The number of benzene rings is 7. The van der Waals surface area contributed by atoms with Crippen LogP contribution in [0.1, 0.15) is 0 Å². The lowest BCUT2D eigenvalue weighted by molar-refractivity contribution is 0.669. The molecule has 0 N–H and O–H groups in total. The molecule has 2 heteroatoms. The van der Waals surface area contributed by atoms with Crippen molar-refractivity contribution in [3.8, 4) is 22.3 Å². The van der Waals surface area contributed by atoms with Gasteiger partial charge >= 0.3 is 0 Å². The first kappa shape index (κ1) is 22.0. The van der Waals surface area contributed by atoms with E-state index in [0.29, 0.717) is 0 Å². The van der Waals surface area contributed by atoms with Gasteiger partial charge in [-0.2, -0.15) is 0 Å². The Kier molecular flexibility index (Phi) is 4.55. The Hall–Kier alpha value is -4.92. The quantitative estimate of drug-likeness (QED) is 0.204. The summed E-state index contributed by atoms with van der Waals surface area (Å²) in [6, 6.07) is 46.4. The van der Waals surface area contributed by atoms with Crippen molar-refractivity contribution in [2.75, 3.05) is 0 Å². The van der Waals surface area contributed by atoms with Crippen molar-refractivity contribution < 1.29 is 4.42 Å². The molecule has 0 radical (unpaired) electrons. The predicted molar refractivity (Wildman–Crippen MR) is 172 cm³/mol. The zero-order valence-electron chi connectivity index (χ0n) is 21.5. The smallest absolute Gasteiger partial charge is 0.136 e. The van der Waals surface area contributed by atoms with Gasteiger partial charge in [-0.3, -0.25) is 0 Å². The Labute approximate surface area is 234 Å². The fourth-order valence-electron chi connectivity index (χ4n) is 6.56. The maximum Gasteiger partial charge on any atom is 0.136 e. The molecule has 9 aromatic rings. The van der Waals surface area contributed by atoms with E-state index in [1.807, 2.05) is 0 Å². The molecule has 9 rings (SSSR count). The summed E-state index contributed by atoms with van der Waals surface area (Å²) in [5.74, 6) is 0. The summed E-state index contributed by atoms with van der Waals surface area (Å²) in [6.07, 6.45) is 0. The summed E-state index contributed by atoms with van der Waals surface area (Å²) in [5, 5.41) is 13.3. The minimum Gasteiger partial charge on any atom is -0.456 e. The van der Waals surface area contributed by atoms with Crippen molar-refractivity contribution in [2.45, 2.75) is 0 Å². The van der Waals surface area contributed by atoms with Crippen LogP contribution in [-0.2, 0) is 0 Å². The number of furan rings is 1. The van der Waals surface area contributed by atoms with E-state index in [9.17, 15) is 0 Å². The van der Waals surface area contributed by atoms with E-state index in [2.05, 4.69) is 133 Å². The van der Waals surface area contributed by atoms with Gasteiger partial charge in [-0.05, 0) is 95.7 Å². The predicted octanol–water partition coefficient (Wildman–Crippen LogP) is 11.6. The summed E-state index contributed by atoms with van der Waals surface area (Å²) >= 11 is 1.78. The van der Waals surface area contributed by atoms with Crippen LogP contribution >= 0.6 is 11.3 Å². The minimum atomic E-state index is 0.928. The SMILES string of the molecule is c1ccc2c(-c3c4ccccc4c(-c4ccc5oc6cc7ccsc7cc6c5c4)c4ccccc34)cccc2c1. The molecule has 0 aliphatic heterocycles. The van der Waals surface area contributed by atoms with Crippen molar-refractivity contribution in [3.63, 3.8) is 0 Å². The monoisotopic (exact) mass is 526 g/mol. The molecule has 0 aliphatic carbocycles. The van der Waals surface area contributed by atoms with E-state index in [0.717, 1.165) is 16.6 Å². The molecule has 0 atom stereocenters. The number of thiophene rings is 1. The first-order valence-corrected chi connectivity index (χ1v) is 14.5. The third kappa shape index (κ3) is 3.08. The van der Waals surface area contributed by atoms with Gasteiger partial charge in [-0.1, -0.05) is 97.1 Å². The van der Waals surface area contributed by atoms with E-state index >= 15 is 0 Å². The van der Waals surface area contributed by atoms with Gasteiger partial charge in [0.2, 0.25) is 0 Å².